The van der Waals surface area contributed by atoms with Crippen LogP contribution >= 0.6 is 15.9 Å². The largest absolute Gasteiger partial charge is 0.350 e. The Morgan fingerprint density at radius 2 is 2.10 bits per heavy atom. The van der Waals surface area contributed by atoms with E-state index in [-0.39, 0.29) is 5.91 Å². The normalized spacial score (nSPS) is 11.6. The molecule has 7 heteroatoms. The van der Waals surface area contributed by atoms with E-state index in [9.17, 15) is 4.79 Å². The third-order valence-corrected chi connectivity index (χ3v) is 3.55. The summed E-state index contributed by atoms with van der Waals surface area (Å²) in [5, 5.41) is 11.3. The zero-order valence-electron chi connectivity index (χ0n) is 11.8. The molecular formula is C13H18BrN5O. The Kier molecular flexibility index (Phi) is 4.27. The molecule has 0 aliphatic carbocycles. The van der Waals surface area contributed by atoms with Crippen molar-refractivity contribution in [2.75, 3.05) is 0 Å². The van der Waals surface area contributed by atoms with Crippen molar-refractivity contribution in [1.29, 1.82) is 0 Å². The van der Waals surface area contributed by atoms with E-state index >= 15 is 0 Å². The van der Waals surface area contributed by atoms with Gasteiger partial charge in [0, 0.05) is 31.0 Å². The first-order valence-electron chi connectivity index (χ1n) is 6.43. The summed E-state index contributed by atoms with van der Waals surface area (Å²) in [6, 6.07) is 0. The second kappa shape index (κ2) is 5.78. The molecule has 0 radical (unpaired) electrons. The molecule has 2 aromatic rings. The van der Waals surface area contributed by atoms with Crippen LogP contribution in [0, 0.1) is 0 Å². The Hall–Kier alpha value is -1.63. The number of aryl methyl sites for hydroxylation is 1. The van der Waals surface area contributed by atoms with E-state index in [1.54, 1.807) is 23.3 Å². The molecule has 0 saturated heterocycles. The lowest BCUT2D eigenvalue weighted by molar-refractivity contribution is -0.129. The molecule has 2 aromatic heterocycles. The molecular weight excluding hydrogens is 322 g/mol. The number of carbonyl (C=O) groups excluding carboxylic acids is 1. The van der Waals surface area contributed by atoms with Crippen LogP contribution < -0.4 is 5.32 Å². The fourth-order valence-corrected chi connectivity index (χ4v) is 2.07. The molecule has 0 bridgehead atoms. The zero-order valence-corrected chi connectivity index (χ0v) is 13.4. The number of aromatic nitrogens is 4. The summed E-state index contributed by atoms with van der Waals surface area (Å²) in [5.41, 5.74) is 0.241. The van der Waals surface area contributed by atoms with Crippen LogP contribution in [0.5, 0.6) is 0 Å². The lowest BCUT2D eigenvalue weighted by Crippen LogP contribution is -2.44. The molecule has 0 aliphatic rings. The number of halogens is 1. The average Bonchev–Trinajstić information content (AvgIpc) is 3.04. The highest BCUT2D eigenvalue weighted by atomic mass is 79.9. The molecule has 0 saturated carbocycles. The maximum atomic E-state index is 12.3. The molecule has 6 nitrogen and oxygen atoms in total. The molecule has 20 heavy (non-hydrogen) atoms. The fourth-order valence-electron chi connectivity index (χ4n) is 1.78. The van der Waals surface area contributed by atoms with Crippen molar-refractivity contribution in [3.63, 3.8) is 0 Å². The lowest BCUT2D eigenvalue weighted by atomic mass is 10.1. The van der Waals surface area contributed by atoms with E-state index in [1.807, 2.05) is 31.6 Å². The smallest absolute Gasteiger partial charge is 0.247 e. The summed E-state index contributed by atoms with van der Waals surface area (Å²) in [4.78, 5) is 12.3. The molecule has 1 N–H and O–H groups in total. The van der Waals surface area contributed by atoms with E-state index in [0.717, 1.165) is 16.6 Å². The Bertz CT molecular complexity index is 601. The van der Waals surface area contributed by atoms with Gasteiger partial charge in [0.2, 0.25) is 5.91 Å². The highest BCUT2D eigenvalue weighted by molar-refractivity contribution is 9.10. The number of nitrogens with zero attached hydrogens (tertiary/aromatic N) is 4. The molecule has 2 rings (SSSR count). The summed E-state index contributed by atoms with van der Waals surface area (Å²) in [7, 11) is 0. The van der Waals surface area contributed by atoms with Crippen molar-refractivity contribution in [2.24, 2.45) is 0 Å². The van der Waals surface area contributed by atoms with E-state index < -0.39 is 5.54 Å². The van der Waals surface area contributed by atoms with Gasteiger partial charge < -0.3 is 5.32 Å². The minimum absolute atomic E-state index is 0.0858. The second-order valence-corrected chi connectivity index (χ2v) is 5.96. The quantitative estimate of drug-likeness (QED) is 0.904. The molecule has 0 aliphatic heterocycles. The molecule has 1 amide bonds. The predicted molar refractivity (Wildman–Crippen MR) is 79.0 cm³/mol. The molecule has 0 atom stereocenters. The minimum Gasteiger partial charge on any atom is -0.350 e. The van der Waals surface area contributed by atoms with Crippen LogP contribution in [0.2, 0.25) is 0 Å². The van der Waals surface area contributed by atoms with Crippen molar-refractivity contribution in [1.82, 2.24) is 24.9 Å². The topological polar surface area (TPSA) is 64.7 Å². The first-order chi connectivity index (χ1) is 9.43. The first kappa shape index (κ1) is 14.8. The monoisotopic (exact) mass is 339 g/mol. The maximum absolute atomic E-state index is 12.3. The van der Waals surface area contributed by atoms with E-state index in [2.05, 4.69) is 31.4 Å². The molecule has 2 heterocycles. The Balaban J connectivity index is 2.00. The highest BCUT2D eigenvalue weighted by Crippen LogP contribution is 2.17. The van der Waals surface area contributed by atoms with Crippen molar-refractivity contribution < 1.29 is 4.79 Å². The number of carbonyl (C=O) groups is 1. The minimum atomic E-state index is -0.743. The van der Waals surface area contributed by atoms with Crippen LogP contribution in [-0.2, 0) is 23.4 Å². The van der Waals surface area contributed by atoms with Crippen LogP contribution in [0.15, 0.2) is 29.3 Å². The Morgan fingerprint density at radius 3 is 2.65 bits per heavy atom. The van der Waals surface area contributed by atoms with Crippen LogP contribution in [0.3, 0.4) is 0 Å². The van der Waals surface area contributed by atoms with Gasteiger partial charge in [-0.15, -0.1) is 0 Å². The van der Waals surface area contributed by atoms with Gasteiger partial charge in [0.1, 0.15) is 5.54 Å². The van der Waals surface area contributed by atoms with Gasteiger partial charge in [0.05, 0.1) is 16.9 Å². The predicted octanol–water partition coefficient (Wildman–Crippen LogP) is 1.91. The summed E-state index contributed by atoms with van der Waals surface area (Å²) in [6.45, 7) is 6.97. The maximum Gasteiger partial charge on any atom is 0.247 e. The van der Waals surface area contributed by atoms with Crippen molar-refractivity contribution in [2.45, 2.75) is 39.4 Å². The van der Waals surface area contributed by atoms with Gasteiger partial charge in [-0.1, -0.05) is 0 Å². The van der Waals surface area contributed by atoms with Gasteiger partial charge in [-0.3, -0.25) is 14.2 Å². The summed E-state index contributed by atoms with van der Waals surface area (Å²) in [6.07, 6.45) is 7.15. The lowest BCUT2D eigenvalue weighted by Gasteiger charge is -2.24. The first-order valence-corrected chi connectivity index (χ1v) is 7.23. The standard InChI is InChI=1S/C13H18BrN5O/c1-4-18-8-10(6-16-18)5-15-12(20)13(2,3)19-9-11(14)7-17-19/h6-9H,4-5H2,1-3H3,(H,15,20). The number of nitrogens with one attached hydrogen (secondary N) is 1. The summed E-state index contributed by atoms with van der Waals surface area (Å²) in [5.74, 6) is -0.0858. The van der Waals surface area contributed by atoms with Gasteiger partial charge in [-0.05, 0) is 36.7 Å². The SMILES string of the molecule is CCn1cc(CNC(=O)C(C)(C)n2cc(Br)cn2)cn1. The Labute approximate surface area is 126 Å². The molecule has 0 fully saturated rings. The zero-order chi connectivity index (χ0) is 14.8. The summed E-state index contributed by atoms with van der Waals surface area (Å²) < 4.78 is 4.32. The van der Waals surface area contributed by atoms with Crippen LogP contribution in [0.25, 0.3) is 0 Å². The van der Waals surface area contributed by atoms with E-state index in [4.69, 9.17) is 0 Å². The average molecular weight is 340 g/mol. The van der Waals surface area contributed by atoms with Crippen molar-refractivity contribution in [3.8, 4) is 0 Å². The molecule has 0 unspecified atom stereocenters. The van der Waals surface area contributed by atoms with Crippen LogP contribution in [-0.4, -0.2) is 25.5 Å². The van der Waals surface area contributed by atoms with E-state index in [1.165, 1.54) is 0 Å². The third-order valence-electron chi connectivity index (χ3n) is 3.14. The number of hydrogen-bond acceptors (Lipinski definition) is 3. The number of hydrogen-bond donors (Lipinski definition) is 1. The van der Waals surface area contributed by atoms with Gasteiger partial charge in [-0.2, -0.15) is 10.2 Å². The molecule has 0 aromatic carbocycles. The van der Waals surface area contributed by atoms with Gasteiger partial charge in [0.25, 0.3) is 0 Å². The summed E-state index contributed by atoms with van der Waals surface area (Å²) >= 11 is 3.33. The Morgan fingerprint density at radius 1 is 1.35 bits per heavy atom. The van der Waals surface area contributed by atoms with Crippen molar-refractivity contribution >= 4 is 21.8 Å². The van der Waals surface area contributed by atoms with Crippen molar-refractivity contribution in [3.05, 3.63) is 34.8 Å². The third kappa shape index (κ3) is 3.09. The van der Waals surface area contributed by atoms with Crippen LogP contribution in [0.1, 0.15) is 26.3 Å². The molecule has 108 valence electrons. The number of amides is 1. The molecule has 0 spiro atoms. The number of rotatable bonds is 5. The second-order valence-electron chi connectivity index (χ2n) is 5.05. The highest BCUT2D eigenvalue weighted by Gasteiger charge is 2.30. The fraction of sp³-hybridized carbons (Fsp3) is 0.462. The van der Waals surface area contributed by atoms with Crippen LogP contribution in [0.4, 0.5) is 0 Å². The van der Waals surface area contributed by atoms with Gasteiger partial charge in [-0.25, -0.2) is 0 Å². The van der Waals surface area contributed by atoms with Gasteiger partial charge >= 0.3 is 0 Å². The van der Waals surface area contributed by atoms with Gasteiger partial charge in [0.15, 0.2) is 0 Å². The van der Waals surface area contributed by atoms with E-state index in [0.29, 0.717) is 6.54 Å².